The van der Waals surface area contributed by atoms with Crippen LogP contribution in [0.2, 0.25) is 0 Å². The van der Waals surface area contributed by atoms with Gasteiger partial charge in [0.1, 0.15) is 5.69 Å². The summed E-state index contributed by atoms with van der Waals surface area (Å²) >= 11 is 0. The average Bonchev–Trinajstić information content (AvgIpc) is 2.61. The average molecular weight is 357 g/mol. The first-order valence-electron chi connectivity index (χ1n) is 7.37. The van der Waals surface area contributed by atoms with Gasteiger partial charge < -0.3 is 4.90 Å². The Morgan fingerprint density at radius 3 is 1.92 bits per heavy atom. The molecule has 0 heterocycles. The van der Waals surface area contributed by atoms with E-state index in [1.807, 2.05) is 24.4 Å². The molecule has 2 aromatic carbocycles. The van der Waals surface area contributed by atoms with Gasteiger partial charge in [-0.05, 0) is 19.7 Å². The fourth-order valence-electron chi connectivity index (χ4n) is 2.05. The molecule has 1 N–H and O–H groups in total. The van der Waals surface area contributed by atoms with Crippen molar-refractivity contribution in [2.75, 3.05) is 26.1 Å². The maximum atomic E-state index is 13.7. The lowest BCUT2D eigenvalue weighted by Crippen LogP contribution is -2.18. The molecule has 25 heavy (non-hydrogen) atoms. The molecule has 0 spiro atoms. The molecule has 0 atom stereocenters. The second-order valence-corrected chi connectivity index (χ2v) is 5.53. The van der Waals surface area contributed by atoms with Crippen LogP contribution >= 0.6 is 0 Å². The van der Waals surface area contributed by atoms with E-state index >= 15 is 0 Å². The van der Waals surface area contributed by atoms with Crippen molar-refractivity contribution in [2.24, 2.45) is 5.10 Å². The summed E-state index contributed by atoms with van der Waals surface area (Å²) < 4.78 is 67.0. The number of rotatable bonds is 6. The molecule has 8 heteroatoms. The Morgan fingerprint density at radius 2 is 1.40 bits per heavy atom. The summed E-state index contributed by atoms with van der Waals surface area (Å²) in [6.45, 7) is 0.576. The van der Waals surface area contributed by atoms with Crippen LogP contribution in [0.4, 0.5) is 27.6 Å². The van der Waals surface area contributed by atoms with Crippen molar-refractivity contribution in [2.45, 2.75) is 6.42 Å². The maximum Gasteiger partial charge on any atom is 0.200 e. The van der Waals surface area contributed by atoms with E-state index in [1.54, 1.807) is 30.3 Å². The first-order chi connectivity index (χ1) is 11.8. The predicted molar refractivity (Wildman–Crippen MR) is 86.0 cm³/mol. The zero-order chi connectivity index (χ0) is 18.6. The van der Waals surface area contributed by atoms with E-state index < -0.39 is 34.8 Å². The molecular formula is C17H16F5N3. The van der Waals surface area contributed by atoms with E-state index in [4.69, 9.17) is 0 Å². The molecule has 0 aliphatic rings. The smallest absolute Gasteiger partial charge is 0.200 e. The summed E-state index contributed by atoms with van der Waals surface area (Å²) in [6, 6.07) is 8.74. The van der Waals surface area contributed by atoms with Gasteiger partial charge in [-0.3, -0.25) is 5.43 Å². The highest BCUT2D eigenvalue weighted by atomic mass is 19.2. The lowest BCUT2D eigenvalue weighted by molar-refractivity contribution is 0.381. The summed E-state index contributed by atoms with van der Waals surface area (Å²) in [5.74, 6) is -10.2. The summed E-state index contributed by atoms with van der Waals surface area (Å²) in [6.07, 6.45) is 0.402. The van der Waals surface area contributed by atoms with Crippen molar-refractivity contribution in [3.63, 3.8) is 0 Å². The Hall–Kier alpha value is -2.48. The quantitative estimate of drug-likeness (QED) is 0.277. The molecule has 0 saturated heterocycles. The zero-order valence-corrected chi connectivity index (χ0v) is 13.6. The van der Waals surface area contributed by atoms with Gasteiger partial charge in [0, 0.05) is 13.0 Å². The molecule has 0 bridgehead atoms. The summed E-state index contributed by atoms with van der Waals surface area (Å²) in [5, 5.41) is 3.87. The van der Waals surface area contributed by atoms with E-state index in [1.165, 1.54) is 0 Å². The first-order valence-corrected chi connectivity index (χ1v) is 7.37. The minimum absolute atomic E-state index is 0.402. The molecule has 0 radical (unpaired) electrons. The molecule has 3 nitrogen and oxygen atoms in total. The lowest BCUT2D eigenvalue weighted by Gasteiger charge is -2.13. The minimum Gasteiger partial charge on any atom is -0.309 e. The predicted octanol–water partition coefficient (Wildman–Crippen LogP) is 4.15. The number of benzene rings is 2. The van der Waals surface area contributed by atoms with Crippen LogP contribution in [0.25, 0.3) is 0 Å². The van der Waals surface area contributed by atoms with Gasteiger partial charge in [-0.2, -0.15) is 5.10 Å². The van der Waals surface area contributed by atoms with E-state index in [9.17, 15) is 22.0 Å². The number of hydrogen-bond acceptors (Lipinski definition) is 3. The van der Waals surface area contributed by atoms with Gasteiger partial charge >= 0.3 is 0 Å². The second-order valence-electron chi connectivity index (χ2n) is 5.53. The molecule has 2 aromatic rings. The van der Waals surface area contributed by atoms with Crippen molar-refractivity contribution in [3.05, 3.63) is 65.0 Å². The molecule has 2 rings (SSSR count). The van der Waals surface area contributed by atoms with Crippen molar-refractivity contribution < 1.29 is 22.0 Å². The molecular weight excluding hydrogens is 341 g/mol. The summed E-state index contributed by atoms with van der Waals surface area (Å²) in [5.41, 5.74) is 1.88. The van der Waals surface area contributed by atoms with Crippen molar-refractivity contribution >= 4 is 11.4 Å². The van der Waals surface area contributed by atoms with Gasteiger partial charge in [0.15, 0.2) is 23.3 Å². The molecule has 0 aliphatic heterocycles. The van der Waals surface area contributed by atoms with Gasteiger partial charge in [0.2, 0.25) is 5.82 Å². The Bertz CT molecular complexity index is 747. The van der Waals surface area contributed by atoms with Crippen LogP contribution in [0.5, 0.6) is 0 Å². The third-order valence-electron chi connectivity index (χ3n) is 3.42. The highest BCUT2D eigenvalue weighted by molar-refractivity contribution is 6.01. The fraction of sp³-hybridized carbons (Fsp3) is 0.235. The fourth-order valence-corrected chi connectivity index (χ4v) is 2.05. The Labute approximate surface area is 141 Å². The van der Waals surface area contributed by atoms with E-state index in [2.05, 4.69) is 5.10 Å². The topological polar surface area (TPSA) is 27.6 Å². The van der Waals surface area contributed by atoms with Crippen LogP contribution in [0.3, 0.4) is 0 Å². The zero-order valence-electron chi connectivity index (χ0n) is 13.6. The standard InChI is InChI=1S/C17H16F5N3/c1-25(2)9-8-11(10-6-4-3-5-7-10)23-24-17-15(21)13(19)12(18)14(20)16(17)22/h3-7,24H,8-9H2,1-2H3/b23-11-. The van der Waals surface area contributed by atoms with Crippen LogP contribution in [0.15, 0.2) is 35.4 Å². The van der Waals surface area contributed by atoms with Crippen LogP contribution in [0, 0.1) is 29.1 Å². The molecule has 0 unspecified atom stereocenters. The molecule has 0 saturated carbocycles. The highest BCUT2D eigenvalue weighted by Crippen LogP contribution is 2.27. The second kappa shape index (κ2) is 8.06. The van der Waals surface area contributed by atoms with Crippen LogP contribution in [-0.4, -0.2) is 31.3 Å². The third kappa shape index (κ3) is 4.33. The minimum atomic E-state index is -2.21. The van der Waals surface area contributed by atoms with E-state index in [0.29, 0.717) is 24.2 Å². The molecule has 0 amide bonds. The molecule has 134 valence electrons. The summed E-state index contributed by atoms with van der Waals surface area (Å²) in [4.78, 5) is 1.87. The SMILES string of the molecule is CN(C)CC/C(=N/Nc1c(F)c(F)c(F)c(F)c1F)c1ccccc1. The Morgan fingerprint density at radius 1 is 0.880 bits per heavy atom. The number of halogens is 5. The van der Waals surface area contributed by atoms with E-state index in [-0.39, 0.29) is 0 Å². The number of hydrogen-bond donors (Lipinski definition) is 1. The third-order valence-corrected chi connectivity index (χ3v) is 3.42. The number of nitrogens with zero attached hydrogens (tertiary/aromatic N) is 2. The van der Waals surface area contributed by atoms with Crippen molar-refractivity contribution in [3.8, 4) is 0 Å². The normalized spacial score (nSPS) is 11.9. The van der Waals surface area contributed by atoms with Gasteiger partial charge in [0.05, 0.1) is 5.71 Å². The summed E-state index contributed by atoms with van der Waals surface area (Å²) in [7, 11) is 3.67. The van der Waals surface area contributed by atoms with Crippen molar-refractivity contribution in [1.29, 1.82) is 0 Å². The van der Waals surface area contributed by atoms with E-state index in [0.717, 1.165) is 0 Å². The highest BCUT2D eigenvalue weighted by Gasteiger charge is 2.25. The molecule has 0 aromatic heterocycles. The van der Waals surface area contributed by atoms with Crippen LogP contribution in [0.1, 0.15) is 12.0 Å². The lowest BCUT2D eigenvalue weighted by atomic mass is 10.1. The van der Waals surface area contributed by atoms with Crippen molar-refractivity contribution in [1.82, 2.24) is 4.90 Å². The maximum absolute atomic E-state index is 13.7. The Kier molecular flexibility index (Phi) is 6.08. The van der Waals surface area contributed by atoms with Gasteiger partial charge in [-0.25, -0.2) is 22.0 Å². The molecule has 0 aliphatic carbocycles. The first kappa shape index (κ1) is 18.9. The van der Waals surface area contributed by atoms with Gasteiger partial charge in [-0.1, -0.05) is 30.3 Å². The monoisotopic (exact) mass is 357 g/mol. The number of hydrazone groups is 1. The van der Waals surface area contributed by atoms with Crippen LogP contribution in [-0.2, 0) is 0 Å². The Balaban J connectivity index is 2.39. The number of nitrogens with one attached hydrogen (secondary N) is 1. The van der Waals surface area contributed by atoms with Gasteiger partial charge in [-0.15, -0.1) is 0 Å². The van der Waals surface area contributed by atoms with Crippen LogP contribution < -0.4 is 5.43 Å². The van der Waals surface area contributed by atoms with Gasteiger partial charge in [0.25, 0.3) is 0 Å². The largest absolute Gasteiger partial charge is 0.309 e. The number of anilines is 1. The molecule has 0 fully saturated rings.